The summed E-state index contributed by atoms with van der Waals surface area (Å²) in [6.07, 6.45) is 1.02. The first-order chi connectivity index (χ1) is 13.6. The predicted molar refractivity (Wildman–Crippen MR) is 112 cm³/mol. The lowest BCUT2D eigenvalue weighted by atomic mass is 10.2. The lowest BCUT2D eigenvalue weighted by Gasteiger charge is -2.31. The monoisotopic (exact) mass is 417 g/mol. The summed E-state index contributed by atoms with van der Waals surface area (Å²) in [6, 6.07) is 13.4. The summed E-state index contributed by atoms with van der Waals surface area (Å²) in [4.78, 5) is 26.2. The number of benzene rings is 2. The maximum Gasteiger partial charge on any atom is 0.248 e. The first-order valence-electron chi connectivity index (χ1n) is 9.09. The molecule has 1 aliphatic rings. The second-order valence-corrected chi connectivity index (χ2v) is 8.88. The molecule has 2 aromatic carbocycles. The standard InChI is InChI=1S/C20H23N3O5S/c1-14(2)28-16-10-8-15(9-11-16)23(29(3,26)27)13-20(25)22-12-19(24)21-17-6-4-5-7-18(17)22/h4-11,14H,12-13H2,1-3H3,(H,21,24). The minimum absolute atomic E-state index is 0.0150. The SMILES string of the molecule is CC(C)Oc1ccc(N(CC(=O)N2CC(=O)Nc3ccccc32)S(C)(=O)=O)cc1. The number of sulfonamides is 1. The molecule has 9 heteroatoms. The number of anilines is 3. The molecule has 0 saturated carbocycles. The molecule has 0 unspecified atom stereocenters. The van der Waals surface area contributed by atoms with Gasteiger partial charge in [0, 0.05) is 0 Å². The molecule has 1 N–H and O–H groups in total. The van der Waals surface area contributed by atoms with Crippen molar-refractivity contribution in [2.45, 2.75) is 20.0 Å². The fourth-order valence-electron chi connectivity index (χ4n) is 3.03. The van der Waals surface area contributed by atoms with Gasteiger partial charge in [-0.25, -0.2) is 8.42 Å². The second kappa shape index (κ2) is 8.12. The fourth-order valence-corrected chi connectivity index (χ4v) is 3.88. The van der Waals surface area contributed by atoms with Crippen molar-refractivity contribution in [1.29, 1.82) is 0 Å². The summed E-state index contributed by atoms with van der Waals surface area (Å²) in [6.45, 7) is 3.18. The Kier molecular flexibility index (Phi) is 5.78. The summed E-state index contributed by atoms with van der Waals surface area (Å²) >= 11 is 0. The van der Waals surface area contributed by atoms with Gasteiger partial charge in [-0.15, -0.1) is 0 Å². The summed E-state index contributed by atoms with van der Waals surface area (Å²) in [5.74, 6) is -0.233. The van der Waals surface area contributed by atoms with Crippen LogP contribution in [0.5, 0.6) is 5.75 Å². The third-order valence-electron chi connectivity index (χ3n) is 4.25. The smallest absolute Gasteiger partial charge is 0.248 e. The van der Waals surface area contributed by atoms with Gasteiger partial charge in [-0.05, 0) is 50.2 Å². The van der Waals surface area contributed by atoms with Crippen molar-refractivity contribution in [2.24, 2.45) is 0 Å². The molecule has 0 spiro atoms. The first kappa shape index (κ1) is 20.7. The van der Waals surface area contributed by atoms with E-state index in [1.807, 2.05) is 13.8 Å². The molecule has 2 aromatic rings. The number of carbonyl (C=O) groups is 2. The van der Waals surface area contributed by atoms with E-state index in [1.165, 1.54) is 4.90 Å². The van der Waals surface area contributed by atoms with Crippen LogP contribution < -0.4 is 19.3 Å². The summed E-state index contributed by atoms with van der Waals surface area (Å²) < 4.78 is 31.3. The van der Waals surface area contributed by atoms with Gasteiger partial charge in [0.1, 0.15) is 18.8 Å². The lowest BCUT2D eigenvalue weighted by molar-refractivity contribution is -0.121. The topological polar surface area (TPSA) is 96.0 Å². The molecule has 0 radical (unpaired) electrons. The number of hydrogen-bond donors (Lipinski definition) is 1. The van der Waals surface area contributed by atoms with Gasteiger partial charge in [-0.3, -0.25) is 18.8 Å². The minimum Gasteiger partial charge on any atom is -0.491 e. The molecule has 0 bridgehead atoms. The van der Waals surface area contributed by atoms with E-state index in [4.69, 9.17) is 4.74 Å². The highest BCUT2D eigenvalue weighted by Crippen LogP contribution is 2.29. The Bertz CT molecular complexity index is 1020. The maximum atomic E-state index is 13.0. The normalized spacial score (nSPS) is 13.7. The lowest BCUT2D eigenvalue weighted by Crippen LogP contribution is -2.47. The van der Waals surface area contributed by atoms with Gasteiger partial charge < -0.3 is 10.1 Å². The van der Waals surface area contributed by atoms with Crippen molar-refractivity contribution < 1.29 is 22.7 Å². The van der Waals surface area contributed by atoms with Gasteiger partial charge in [0.25, 0.3) is 0 Å². The fraction of sp³-hybridized carbons (Fsp3) is 0.300. The van der Waals surface area contributed by atoms with Crippen LogP contribution in [0.25, 0.3) is 0 Å². The number of carbonyl (C=O) groups excluding carboxylic acids is 2. The average Bonchev–Trinajstić information content (AvgIpc) is 2.64. The quantitative estimate of drug-likeness (QED) is 0.778. The Labute approximate surface area is 170 Å². The van der Waals surface area contributed by atoms with E-state index in [1.54, 1.807) is 48.5 Å². The molecule has 154 valence electrons. The Morgan fingerprint density at radius 1 is 1.17 bits per heavy atom. The van der Waals surface area contributed by atoms with Crippen LogP contribution in [0.2, 0.25) is 0 Å². The Morgan fingerprint density at radius 2 is 1.83 bits per heavy atom. The van der Waals surface area contributed by atoms with Crippen molar-refractivity contribution in [2.75, 3.05) is 33.9 Å². The predicted octanol–water partition coefficient (Wildman–Crippen LogP) is 2.23. The van der Waals surface area contributed by atoms with Gasteiger partial charge in [-0.1, -0.05) is 12.1 Å². The second-order valence-electron chi connectivity index (χ2n) is 6.98. The molecule has 1 heterocycles. The van der Waals surface area contributed by atoms with Gasteiger partial charge in [0.05, 0.1) is 29.4 Å². The number of rotatable bonds is 6. The molecule has 29 heavy (non-hydrogen) atoms. The molecule has 0 aliphatic carbocycles. The maximum absolute atomic E-state index is 13.0. The zero-order valence-corrected chi connectivity index (χ0v) is 17.3. The van der Waals surface area contributed by atoms with Crippen LogP contribution in [0.3, 0.4) is 0 Å². The Balaban J connectivity index is 1.86. The summed E-state index contributed by atoms with van der Waals surface area (Å²) in [5.41, 5.74) is 1.39. The van der Waals surface area contributed by atoms with Crippen LogP contribution in [-0.2, 0) is 19.6 Å². The molecule has 0 atom stereocenters. The molecule has 0 saturated heterocycles. The molecule has 8 nitrogen and oxygen atoms in total. The van der Waals surface area contributed by atoms with Crippen LogP contribution in [0.4, 0.5) is 17.1 Å². The van der Waals surface area contributed by atoms with E-state index < -0.39 is 22.5 Å². The van der Waals surface area contributed by atoms with Crippen molar-refractivity contribution in [3.8, 4) is 5.75 Å². The van der Waals surface area contributed by atoms with Gasteiger partial charge in [0.15, 0.2) is 0 Å². The molecule has 3 rings (SSSR count). The van der Waals surface area contributed by atoms with Crippen LogP contribution in [0, 0.1) is 0 Å². The molecule has 1 aliphatic heterocycles. The molecular formula is C20H23N3O5S. The summed E-state index contributed by atoms with van der Waals surface area (Å²) in [5, 5.41) is 2.70. The van der Waals surface area contributed by atoms with Gasteiger partial charge in [0.2, 0.25) is 21.8 Å². The number of ether oxygens (including phenoxy) is 1. The third kappa shape index (κ3) is 4.86. The largest absolute Gasteiger partial charge is 0.491 e. The van der Waals surface area contributed by atoms with E-state index in [0.29, 0.717) is 22.8 Å². The van der Waals surface area contributed by atoms with E-state index in [2.05, 4.69) is 5.32 Å². The number of fused-ring (bicyclic) bond motifs is 1. The highest BCUT2D eigenvalue weighted by atomic mass is 32.2. The zero-order chi connectivity index (χ0) is 21.2. The van der Waals surface area contributed by atoms with Crippen LogP contribution in [-0.4, -0.2) is 45.7 Å². The minimum atomic E-state index is -3.73. The number of amides is 2. The van der Waals surface area contributed by atoms with Gasteiger partial charge in [-0.2, -0.15) is 0 Å². The molecule has 0 fully saturated rings. The van der Waals surface area contributed by atoms with Crippen LogP contribution >= 0.6 is 0 Å². The molecule has 2 amide bonds. The highest BCUT2D eigenvalue weighted by molar-refractivity contribution is 7.92. The van der Waals surface area contributed by atoms with E-state index in [-0.39, 0.29) is 18.6 Å². The molecular weight excluding hydrogens is 394 g/mol. The van der Waals surface area contributed by atoms with Gasteiger partial charge >= 0.3 is 0 Å². The van der Waals surface area contributed by atoms with Crippen molar-refractivity contribution in [1.82, 2.24) is 0 Å². The number of nitrogens with zero attached hydrogens (tertiary/aromatic N) is 2. The van der Waals surface area contributed by atoms with Crippen molar-refractivity contribution in [3.05, 3.63) is 48.5 Å². The van der Waals surface area contributed by atoms with Crippen molar-refractivity contribution in [3.63, 3.8) is 0 Å². The number of para-hydroxylation sites is 2. The van der Waals surface area contributed by atoms with Crippen molar-refractivity contribution >= 4 is 38.9 Å². The van der Waals surface area contributed by atoms with Crippen LogP contribution in [0.15, 0.2) is 48.5 Å². The first-order valence-corrected chi connectivity index (χ1v) is 10.9. The van der Waals surface area contributed by atoms with E-state index >= 15 is 0 Å². The Hall–Kier alpha value is -3.07. The Morgan fingerprint density at radius 3 is 2.45 bits per heavy atom. The van der Waals surface area contributed by atoms with E-state index in [9.17, 15) is 18.0 Å². The van der Waals surface area contributed by atoms with E-state index in [0.717, 1.165) is 10.6 Å². The molecule has 0 aromatic heterocycles. The zero-order valence-electron chi connectivity index (χ0n) is 16.5. The summed E-state index contributed by atoms with van der Waals surface area (Å²) in [7, 11) is -3.73. The third-order valence-corrected chi connectivity index (χ3v) is 5.39. The average molecular weight is 417 g/mol. The highest BCUT2D eigenvalue weighted by Gasteiger charge is 2.30. The number of hydrogen-bond acceptors (Lipinski definition) is 5. The number of nitrogens with one attached hydrogen (secondary N) is 1. The van der Waals surface area contributed by atoms with Crippen LogP contribution in [0.1, 0.15) is 13.8 Å².